The van der Waals surface area contributed by atoms with Crippen LogP contribution >= 0.6 is 23.2 Å². The predicted molar refractivity (Wildman–Crippen MR) is 90.2 cm³/mol. The van der Waals surface area contributed by atoms with Crippen molar-refractivity contribution in [3.63, 3.8) is 0 Å². The number of hydrogen-bond acceptors (Lipinski definition) is 2. The Morgan fingerprint density at radius 3 is 2.24 bits per heavy atom. The van der Waals surface area contributed by atoms with Gasteiger partial charge in [0.1, 0.15) is 0 Å². The van der Waals surface area contributed by atoms with Gasteiger partial charge in [-0.25, -0.2) is 0 Å². The fourth-order valence-electron chi connectivity index (χ4n) is 1.98. The Balaban J connectivity index is 2.43. The molecule has 0 aliphatic carbocycles. The minimum absolute atomic E-state index is 0.0136. The van der Waals surface area contributed by atoms with Crippen molar-refractivity contribution < 1.29 is 22.8 Å². The molecule has 0 radical (unpaired) electrons. The van der Waals surface area contributed by atoms with Crippen molar-refractivity contribution in [1.82, 2.24) is 0 Å². The molecule has 4 nitrogen and oxygen atoms in total. The number of rotatable bonds is 3. The first-order chi connectivity index (χ1) is 11.6. The molecule has 0 unspecified atom stereocenters. The number of nitrogens with one attached hydrogen (secondary N) is 2. The number of alkyl halides is 3. The largest absolute Gasteiger partial charge is 0.416 e. The van der Waals surface area contributed by atoms with E-state index in [2.05, 4.69) is 10.6 Å². The van der Waals surface area contributed by atoms with Crippen LogP contribution in [0, 0.1) is 0 Å². The second kappa shape index (κ2) is 7.33. The lowest BCUT2D eigenvalue weighted by atomic mass is 10.1. The number of hydrogen-bond donors (Lipinski definition) is 2. The lowest BCUT2D eigenvalue weighted by molar-refractivity contribution is -0.137. The summed E-state index contributed by atoms with van der Waals surface area (Å²) in [6, 6.07) is 6.71. The van der Waals surface area contributed by atoms with E-state index in [0.717, 1.165) is 18.2 Å². The molecule has 2 N–H and O–H groups in total. The summed E-state index contributed by atoms with van der Waals surface area (Å²) in [5.41, 5.74) is -1.19. The van der Waals surface area contributed by atoms with Crippen LogP contribution in [0.1, 0.15) is 22.8 Å². The van der Waals surface area contributed by atoms with Gasteiger partial charge in [0.25, 0.3) is 5.91 Å². The van der Waals surface area contributed by atoms with Gasteiger partial charge < -0.3 is 10.6 Å². The molecule has 2 aromatic rings. The number of benzene rings is 2. The van der Waals surface area contributed by atoms with E-state index in [9.17, 15) is 22.8 Å². The van der Waals surface area contributed by atoms with Crippen molar-refractivity contribution in [1.29, 1.82) is 0 Å². The molecule has 132 valence electrons. The van der Waals surface area contributed by atoms with Crippen molar-refractivity contribution in [3.05, 3.63) is 57.6 Å². The first-order valence-electron chi connectivity index (χ1n) is 6.83. The zero-order chi connectivity index (χ0) is 18.8. The van der Waals surface area contributed by atoms with Gasteiger partial charge in [0.05, 0.1) is 27.5 Å². The number of carbonyl (C=O) groups excluding carboxylic acids is 2. The van der Waals surface area contributed by atoms with E-state index in [1.165, 1.54) is 25.1 Å². The number of halogens is 5. The minimum atomic E-state index is -4.61. The maximum atomic E-state index is 12.9. The lowest BCUT2D eigenvalue weighted by Gasteiger charge is -2.15. The molecule has 0 bridgehead atoms. The molecule has 0 saturated carbocycles. The lowest BCUT2D eigenvalue weighted by Crippen LogP contribution is -2.17. The molecule has 2 amide bonds. The summed E-state index contributed by atoms with van der Waals surface area (Å²) < 4.78 is 38.7. The molecule has 0 saturated heterocycles. The standard InChI is InChI=1S/C16H11Cl2F3N2O2/c1-8(24)22-13-5-2-9(16(19,20)21)6-14(13)23-15(25)11-7-10(17)3-4-12(11)18/h2-7H,1H3,(H,22,24)(H,23,25). The van der Waals surface area contributed by atoms with E-state index in [1.807, 2.05) is 0 Å². The number of carbonyl (C=O) groups is 2. The van der Waals surface area contributed by atoms with Crippen molar-refractivity contribution >= 4 is 46.4 Å². The molecule has 25 heavy (non-hydrogen) atoms. The van der Waals surface area contributed by atoms with Crippen molar-refractivity contribution in [2.45, 2.75) is 13.1 Å². The summed E-state index contributed by atoms with van der Waals surface area (Å²) in [5.74, 6) is -1.27. The monoisotopic (exact) mass is 390 g/mol. The summed E-state index contributed by atoms with van der Waals surface area (Å²) in [4.78, 5) is 23.6. The van der Waals surface area contributed by atoms with Crippen molar-refractivity contribution in [2.24, 2.45) is 0 Å². The Morgan fingerprint density at radius 2 is 1.64 bits per heavy atom. The van der Waals surface area contributed by atoms with Gasteiger partial charge >= 0.3 is 6.18 Å². The zero-order valence-corrected chi connectivity index (χ0v) is 14.2. The molecule has 0 atom stereocenters. The second-order valence-corrected chi connectivity index (χ2v) is 5.86. The van der Waals surface area contributed by atoms with Gasteiger partial charge in [-0.2, -0.15) is 13.2 Å². The fraction of sp³-hybridized carbons (Fsp3) is 0.125. The SMILES string of the molecule is CC(=O)Nc1ccc(C(F)(F)F)cc1NC(=O)c1cc(Cl)ccc1Cl. The van der Waals surface area contributed by atoms with Gasteiger partial charge in [-0.15, -0.1) is 0 Å². The van der Waals surface area contributed by atoms with Crippen LogP contribution in [0.5, 0.6) is 0 Å². The smallest absolute Gasteiger partial charge is 0.325 e. The van der Waals surface area contributed by atoms with E-state index in [-0.39, 0.29) is 27.0 Å². The van der Waals surface area contributed by atoms with Crippen LogP contribution in [-0.4, -0.2) is 11.8 Å². The van der Waals surface area contributed by atoms with Gasteiger partial charge in [0, 0.05) is 11.9 Å². The normalized spacial score (nSPS) is 11.1. The Bertz CT molecular complexity index is 839. The third-order valence-corrected chi connectivity index (χ3v) is 3.64. The van der Waals surface area contributed by atoms with Crippen molar-refractivity contribution in [2.75, 3.05) is 10.6 Å². The third kappa shape index (κ3) is 4.87. The number of amides is 2. The molecule has 0 aromatic heterocycles. The van der Waals surface area contributed by atoms with E-state index in [0.29, 0.717) is 0 Å². The molecular weight excluding hydrogens is 380 g/mol. The topological polar surface area (TPSA) is 58.2 Å². The first-order valence-corrected chi connectivity index (χ1v) is 7.59. The fourth-order valence-corrected chi connectivity index (χ4v) is 2.36. The van der Waals surface area contributed by atoms with Gasteiger partial charge in [-0.1, -0.05) is 23.2 Å². The summed E-state index contributed by atoms with van der Waals surface area (Å²) in [5, 5.41) is 4.99. The molecule has 0 aliphatic rings. The van der Waals surface area contributed by atoms with Crippen LogP contribution in [0.4, 0.5) is 24.5 Å². The average molecular weight is 391 g/mol. The Hall–Kier alpha value is -2.25. The maximum absolute atomic E-state index is 12.9. The Labute approximate surface area is 150 Å². The van der Waals surface area contributed by atoms with Crippen LogP contribution in [0.3, 0.4) is 0 Å². The molecule has 0 fully saturated rings. The summed E-state index contributed by atoms with van der Waals surface area (Å²) >= 11 is 11.7. The van der Waals surface area contributed by atoms with Crippen LogP contribution in [-0.2, 0) is 11.0 Å². The van der Waals surface area contributed by atoms with E-state index < -0.39 is 23.6 Å². The highest BCUT2D eigenvalue weighted by Gasteiger charge is 2.31. The molecule has 0 heterocycles. The predicted octanol–water partition coefficient (Wildman–Crippen LogP) is 5.22. The molecule has 2 aromatic carbocycles. The molecule has 9 heteroatoms. The highest BCUT2D eigenvalue weighted by atomic mass is 35.5. The van der Waals surface area contributed by atoms with Gasteiger partial charge in [0.15, 0.2) is 0 Å². The van der Waals surface area contributed by atoms with Gasteiger partial charge in [-0.3, -0.25) is 9.59 Å². The van der Waals surface area contributed by atoms with Gasteiger partial charge in [-0.05, 0) is 36.4 Å². The molecule has 2 rings (SSSR count). The van der Waals surface area contributed by atoms with Crippen LogP contribution in [0.25, 0.3) is 0 Å². The van der Waals surface area contributed by atoms with Crippen LogP contribution in [0.15, 0.2) is 36.4 Å². The summed E-state index contributed by atoms with van der Waals surface area (Å²) in [6.45, 7) is 1.19. The number of anilines is 2. The third-order valence-electron chi connectivity index (χ3n) is 3.08. The first kappa shape index (κ1) is 19.1. The highest BCUT2D eigenvalue weighted by molar-refractivity contribution is 6.36. The maximum Gasteiger partial charge on any atom is 0.416 e. The molecular formula is C16H11Cl2F3N2O2. The van der Waals surface area contributed by atoms with E-state index in [4.69, 9.17) is 23.2 Å². The van der Waals surface area contributed by atoms with Crippen LogP contribution in [0.2, 0.25) is 10.0 Å². The quantitative estimate of drug-likeness (QED) is 0.754. The molecule has 0 aliphatic heterocycles. The van der Waals surface area contributed by atoms with Crippen molar-refractivity contribution in [3.8, 4) is 0 Å². The minimum Gasteiger partial charge on any atom is -0.325 e. The van der Waals surface area contributed by atoms with Gasteiger partial charge in [0.2, 0.25) is 5.91 Å². The van der Waals surface area contributed by atoms with E-state index >= 15 is 0 Å². The average Bonchev–Trinajstić information content (AvgIpc) is 2.49. The van der Waals surface area contributed by atoms with E-state index in [1.54, 1.807) is 0 Å². The second-order valence-electron chi connectivity index (χ2n) is 5.02. The Morgan fingerprint density at radius 1 is 0.960 bits per heavy atom. The zero-order valence-electron chi connectivity index (χ0n) is 12.7. The summed E-state index contributed by atoms with van der Waals surface area (Å²) in [7, 11) is 0. The Kier molecular flexibility index (Phi) is 5.59. The van der Waals surface area contributed by atoms with Crippen LogP contribution < -0.4 is 10.6 Å². The summed E-state index contributed by atoms with van der Waals surface area (Å²) in [6.07, 6.45) is -4.61. The molecule has 0 spiro atoms. The highest BCUT2D eigenvalue weighted by Crippen LogP contribution is 2.34.